The van der Waals surface area contributed by atoms with Crippen LogP contribution in [0.3, 0.4) is 0 Å². The molecule has 0 bridgehead atoms. The lowest BCUT2D eigenvalue weighted by molar-refractivity contribution is 0.170. The Morgan fingerprint density at radius 2 is 2.13 bits per heavy atom. The molecule has 2 heterocycles. The maximum atomic E-state index is 12.5. The van der Waals surface area contributed by atoms with Crippen LogP contribution in [-0.4, -0.2) is 28.1 Å². The molecule has 0 aliphatic carbocycles. The summed E-state index contributed by atoms with van der Waals surface area (Å²) in [5, 5.41) is 4.24. The van der Waals surface area contributed by atoms with Gasteiger partial charge in [-0.05, 0) is 56.4 Å². The summed E-state index contributed by atoms with van der Waals surface area (Å²) < 4.78 is 2.28. The number of amides is 2. The van der Waals surface area contributed by atoms with Gasteiger partial charge in [0.15, 0.2) is 0 Å². The van der Waals surface area contributed by atoms with Crippen molar-refractivity contribution in [3.63, 3.8) is 0 Å². The summed E-state index contributed by atoms with van der Waals surface area (Å²) in [5.41, 5.74) is 2.10. The fourth-order valence-corrected chi connectivity index (χ4v) is 3.43. The van der Waals surface area contributed by atoms with Gasteiger partial charge in [-0.25, -0.2) is 4.79 Å². The molecular formula is C19H27N3O. The molecule has 1 aromatic heterocycles. The summed E-state index contributed by atoms with van der Waals surface area (Å²) in [7, 11) is 0. The van der Waals surface area contributed by atoms with Crippen molar-refractivity contribution in [1.29, 1.82) is 0 Å². The predicted molar refractivity (Wildman–Crippen MR) is 95.8 cm³/mol. The largest absolute Gasteiger partial charge is 0.347 e. The Balaban J connectivity index is 1.74. The van der Waals surface area contributed by atoms with Gasteiger partial charge in [0.05, 0.1) is 0 Å². The summed E-state index contributed by atoms with van der Waals surface area (Å²) in [6.45, 7) is 8.45. The minimum atomic E-state index is 0.0261. The summed E-state index contributed by atoms with van der Waals surface area (Å²) in [6, 6.07) is 8.66. The molecule has 1 unspecified atom stereocenters. The van der Waals surface area contributed by atoms with E-state index in [1.807, 2.05) is 11.0 Å². The average Bonchev–Trinajstić information content (AvgIpc) is 2.89. The van der Waals surface area contributed by atoms with Crippen molar-refractivity contribution in [3.8, 4) is 0 Å². The van der Waals surface area contributed by atoms with E-state index in [1.165, 1.54) is 17.3 Å². The Morgan fingerprint density at radius 3 is 2.87 bits per heavy atom. The van der Waals surface area contributed by atoms with E-state index in [-0.39, 0.29) is 6.03 Å². The van der Waals surface area contributed by atoms with E-state index in [1.54, 1.807) is 0 Å². The van der Waals surface area contributed by atoms with Crippen LogP contribution in [0.2, 0.25) is 0 Å². The van der Waals surface area contributed by atoms with Gasteiger partial charge >= 0.3 is 6.03 Å². The number of urea groups is 1. The molecule has 4 heteroatoms. The van der Waals surface area contributed by atoms with Crippen molar-refractivity contribution in [2.75, 3.05) is 11.9 Å². The zero-order valence-electron chi connectivity index (χ0n) is 14.4. The molecule has 1 aromatic carbocycles. The van der Waals surface area contributed by atoms with Gasteiger partial charge in [0, 0.05) is 41.9 Å². The normalized spacial score (nSPS) is 18.6. The summed E-state index contributed by atoms with van der Waals surface area (Å²) in [4.78, 5) is 14.4. The highest BCUT2D eigenvalue weighted by molar-refractivity contribution is 5.93. The van der Waals surface area contributed by atoms with Crippen LogP contribution in [0.5, 0.6) is 0 Å². The fourth-order valence-electron chi connectivity index (χ4n) is 3.43. The molecule has 1 N–H and O–H groups in total. The van der Waals surface area contributed by atoms with Crippen molar-refractivity contribution in [1.82, 2.24) is 9.47 Å². The number of nitrogens with one attached hydrogen (secondary N) is 1. The first-order chi connectivity index (χ1) is 11.0. The lowest BCUT2D eigenvalue weighted by Crippen LogP contribution is -2.44. The molecule has 1 aliphatic heterocycles. The molecule has 1 saturated heterocycles. The summed E-state index contributed by atoms with van der Waals surface area (Å²) in [5.74, 6) is 0.616. The van der Waals surface area contributed by atoms with Gasteiger partial charge in [-0.3, -0.25) is 0 Å². The van der Waals surface area contributed by atoms with Crippen LogP contribution in [0.25, 0.3) is 10.9 Å². The van der Waals surface area contributed by atoms with Crippen molar-refractivity contribution in [2.45, 2.75) is 52.6 Å². The SMILES string of the molecule is CC(C)Cn1ccc2cc(NC(=O)N3CCCCC3C)ccc21. The van der Waals surface area contributed by atoms with E-state index >= 15 is 0 Å². The third-order valence-electron chi connectivity index (χ3n) is 4.65. The number of likely N-dealkylation sites (tertiary alicyclic amines) is 1. The highest BCUT2D eigenvalue weighted by Gasteiger charge is 2.23. The van der Waals surface area contributed by atoms with E-state index in [0.29, 0.717) is 12.0 Å². The molecule has 1 aliphatic rings. The fraction of sp³-hybridized carbons (Fsp3) is 0.526. The molecule has 2 amide bonds. The molecule has 1 atom stereocenters. The first-order valence-electron chi connectivity index (χ1n) is 8.71. The summed E-state index contributed by atoms with van der Waals surface area (Å²) in [6.07, 6.45) is 5.56. The average molecular weight is 313 g/mol. The second-order valence-corrected chi connectivity index (χ2v) is 7.10. The third-order valence-corrected chi connectivity index (χ3v) is 4.65. The Morgan fingerprint density at radius 1 is 1.30 bits per heavy atom. The molecule has 4 nitrogen and oxygen atoms in total. The van der Waals surface area contributed by atoms with Crippen LogP contribution in [0, 0.1) is 5.92 Å². The van der Waals surface area contributed by atoms with Gasteiger partial charge in [0.2, 0.25) is 0 Å². The molecule has 3 rings (SSSR count). The lowest BCUT2D eigenvalue weighted by atomic mass is 10.0. The molecule has 0 radical (unpaired) electrons. The minimum absolute atomic E-state index is 0.0261. The number of nitrogens with zero attached hydrogens (tertiary/aromatic N) is 2. The number of carbonyl (C=O) groups excluding carboxylic acids is 1. The number of hydrogen-bond acceptors (Lipinski definition) is 1. The number of aromatic nitrogens is 1. The minimum Gasteiger partial charge on any atom is -0.347 e. The Kier molecular flexibility index (Phi) is 4.60. The molecule has 0 spiro atoms. The Labute approximate surface area is 138 Å². The molecule has 23 heavy (non-hydrogen) atoms. The molecule has 2 aromatic rings. The van der Waals surface area contributed by atoms with Gasteiger partial charge in [-0.1, -0.05) is 13.8 Å². The van der Waals surface area contributed by atoms with Crippen LogP contribution in [0.1, 0.15) is 40.0 Å². The number of rotatable bonds is 3. The third kappa shape index (κ3) is 3.52. The van der Waals surface area contributed by atoms with Gasteiger partial charge in [-0.2, -0.15) is 0 Å². The van der Waals surface area contributed by atoms with Crippen LogP contribution in [-0.2, 0) is 6.54 Å². The second-order valence-electron chi connectivity index (χ2n) is 7.10. The van der Waals surface area contributed by atoms with Gasteiger partial charge in [0.1, 0.15) is 0 Å². The van der Waals surface area contributed by atoms with Gasteiger partial charge in [0.25, 0.3) is 0 Å². The monoisotopic (exact) mass is 313 g/mol. The van der Waals surface area contributed by atoms with Crippen molar-refractivity contribution >= 4 is 22.6 Å². The number of piperidine rings is 1. The van der Waals surface area contributed by atoms with Crippen LogP contribution in [0.15, 0.2) is 30.5 Å². The molecule has 1 fully saturated rings. The molecule has 0 saturated carbocycles. The number of fused-ring (bicyclic) bond motifs is 1. The number of benzene rings is 1. The standard InChI is InChI=1S/C19H27N3O/c1-14(2)13-21-11-9-16-12-17(7-8-18(16)21)20-19(23)22-10-5-4-6-15(22)3/h7-9,11-12,14-15H,4-6,10,13H2,1-3H3,(H,20,23). The quantitative estimate of drug-likeness (QED) is 0.876. The van der Waals surface area contributed by atoms with Crippen molar-refractivity contribution in [2.24, 2.45) is 5.92 Å². The second kappa shape index (κ2) is 6.65. The Hall–Kier alpha value is -1.97. The first kappa shape index (κ1) is 15.9. The van der Waals surface area contributed by atoms with Crippen molar-refractivity contribution < 1.29 is 4.79 Å². The molecule has 124 valence electrons. The maximum absolute atomic E-state index is 12.5. The number of anilines is 1. The van der Waals surface area contributed by atoms with E-state index < -0.39 is 0 Å². The summed E-state index contributed by atoms with van der Waals surface area (Å²) >= 11 is 0. The zero-order chi connectivity index (χ0) is 16.4. The van der Waals surface area contributed by atoms with Crippen LogP contribution < -0.4 is 5.32 Å². The highest BCUT2D eigenvalue weighted by atomic mass is 16.2. The van der Waals surface area contributed by atoms with E-state index in [9.17, 15) is 4.79 Å². The van der Waals surface area contributed by atoms with Crippen molar-refractivity contribution in [3.05, 3.63) is 30.5 Å². The maximum Gasteiger partial charge on any atom is 0.322 e. The zero-order valence-corrected chi connectivity index (χ0v) is 14.4. The highest BCUT2D eigenvalue weighted by Crippen LogP contribution is 2.23. The van der Waals surface area contributed by atoms with E-state index in [2.05, 4.69) is 55.1 Å². The van der Waals surface area contributed by atoms with E-state index in [0.717, 1.165) is 31.6 Å². The predicted octanol–water partition coefficient (Wildman–Crippen LogP) is 4.70. The number of carbonyl (C=O) groups is 1. The number of hydrogen-bond donors (Lipinski definition) is 1. The first-order valence-corrected chi connectivity index (χ1v) is 8.71. The van der Waals surface area contributed by atoms with Crippen LogP contribution >= 0.6 is 0 Å². The van der Waals surface area contributed by atoms with Gasteiger partial charge in [-0.15, -0.1) is 0 Å². The smallest absolute Gasteiger partial charge is 0.322 e. The van der Waals surface area contributed by atoms with Crippen LogP contribution in [0.4, 0.5) is 10.5 Å². The topological polar surface area (TPSA) is 37.3 Å². The lowest BCUT2D eigenvalue weighted by Gasteiger charge is -2.33. The molecular weight excluding hydrogens is 286 g/mol. The van der Waals surface area contributed by atoms with E-state index in [4.69, 9.17) is 0 Å². The van der Waals surface area contributed by atoms with Gasteiger partial charge < -0.3 is 14.8 Å². The Bertz CT molecular complexity index is 689.